The van der Waals surface area contributed by atoms with Gasteiger partial charge in [-0.3, -0.25) is 24.4 Å². The molecule has 0 aliphatic carbocycles. The van der Waals surface area contributed by atoms with Crippen LogP contribution in [0.3, 0.4) is 0 Å². The molecule has 0 aromatic carbocycles. The van der Waals surface area contributed by atoms with Crippen LogP contribution in [0.2, 0.25) is 0 Å². The van der Waals surface area contributed by atoms with E-state index in [0.29, 0.717) is 6.42 Å². The number of carbonyl (C=O) groups excluding carboxylic acids is 9. The van der Waals surface area contributed by atoms with Crippen molar-refractivity contribution in [2.75, 3.05) is 17.7 Å². The van der Waals surface area contributed by atoms with Crippen LogP contribution in [0.25, 0.3) is 0 Å². The van der Waals surface area contributed by atoms with Gasteiger partial charge in [0.15, 0.2) is 0 Å². The Morgan fingerprint density at radius 2 is 1.36 bits per heavy atom. The van der Waals surface area contributed by atoms with Crippen LogP contribution in [0, 0.1) is 13.8 Å². The maximum absolute atomic E-state index is 11.2. The SMILES string of the molecule is CCCC(=O)Nc1cccnc1C.CCOC(=O)CC(=O)Cl.Cc1ncccc1N.O=C=O.O=C=O.O=C=O. The zero-order valence-corrected chi connectivity index (χ0v) is 22.5. The molecule has 3 N–H and O–H groups in total. The highest BCUT2D eigenvalue weighted by Gasteiger charge is 2.05. The highest BCUT2D eigenvalue weighted by atomic mass is 35.5. The quantitative estimate of drug-likeness (QED) is 0.289. The second kappa shape index (κ2) is 31.2. The number of hydrogen-bond donors (Lipinski definition) is 2. The first-order chi connectivity index (χ1) is 18.4. The molecule has 0 atom stereocenters. The molecular formula is C24H29ClN4O10. The lowest BCUT2D eigenvalue weighted by molar-refractivity contribution is -0.193. The van der Waals surface area contributed by atoms with Crippen LogP contribution in [0.1, 0.15) is 44.5 Å². The summed E-state index contributed by atoms with van der Waals surface area (Å²) >= 11 is 4.87. The van der Waals surface area contributed by atoms with Crippen LogP contribution >= 0.6 is 11.6 Å². The summed E-state index contributed by atoms with van der Waals surface area (Å²) < 4.78 is 4.41. The zero-order valence-electron chi connectivity index (χ0n) is 21.7. The summed E-state index contributed by atoms with van der Waals surface area (Å²) in [6.45, 7) is 7.69. The van der Waals surface area contributed by atoms with E-state index < -0.39 is 11.2 Å². The minimum atomic E-state index is -0.687. The number of nitrogen functional groups attached to an aromatic ring is 1. The molecule has 15 heteroatoms. The van der Waals surface area contributed by atoms with E-state index in [-0.39, 0.29) is 37.4 Å². The number of carbonyl (C=O) groups is 3. The minimum Gasteiger partial charge on any atom is -0.466 e. The summed E-state index contributed by atoms with van der Waals surface area (Å²) in [4.78, 5) is 88.3. The third-order valence-corrected chi connectivity index (χ3v) is 3.53. The molecule has 14 nitrogen and oxygen atoms in total. The van der Waals surface area contributed by atoms with Gasteiger partial charge >= 0.3 is 24.4 Å². The van der Waals surface area contributed by atoms with Gasteiger partial charge in [-0.15, -0.1) is 0 Å². The molecule has 39 heavy (non-hydrogen) atoms. The van der Waals surface area contributed by atoms with Crippen molar-refractivity contribution in [3.05, 3.63) is 48.0 Å². The van der Waals surface area contributed by atoms with E-state index >= 15 is 0 Å². The van der Waals surface area contributed by atoms with E-state index in [2.05, 4.69) is 20.0 Å². The average molecular weight is 569 g/mol. The van der Waals surface area contributed by atoms with Crippen molar-refractivity contribution >= 4 is 58.5 Å². The number of ether oxygens (including phenoxy) is 1. The Bertz CT molecular complexity index is 1030. The standard InChI is InChI=1S/C10H14N2O.C6H8N2.C5H7ClO3.3CO2/c1-3-5-10(13)12-9-6-4-7-11-8(9)2;1-5-6(7)3-2-4-8-5;1-2-9-5(8)3-4(6)7;3*2-1-3/h4,6-7H,3,5H2,1-2H3,(H,12,13);2-4H,7H2,1H3;2-3H2,1H3;;;. The van der Waals surface area contributed by atoms with Gasteiger partial charge in [-0.2, -0.15) is 28.8 Å². The summed E-state index contributed by atoms with van der Waals surface area (Å²) in [5, 5.41) is 2.12. The summed E-state index contributed by atoms with van der Waals surface area (Å²) in [5.41, 5.74) is 8.77. The third kappa shape index (κ3) is 33.1. The molecular weight excluding hydrogens is 540 g/mol. The monoisotopic (exact) mass is 568 g/mol. The molecule has 0 aliphatic rings. The number of aromatic nitrogens is 2. The highest BCUT2D eigenvalue weighted by molar-refractivity contribution is 6.64. The number of pyridine rings is 2. The van der Waals surface area contributed by atoms with E-state index in [1.165, 1.54) is 0 Å². The van der Waals surface area contributed by atoms with Crippen molar-refractivity contribution in [3.63, 3.8) is 0 Å². The number of esters is 1. The van der Waals surface area contributed by atoms with Crippen LogP contribution in [-0.2, 0) is 47.9 Å². The Morgan fingerprint density at radius 3 is 1.69 bits per heavy atom. The van der Waals surface area contributed by atoms with Gasteiger partial charge in [0.05, 0.1) is 29.4 Å². The van der Waals surface area contributed by atoms with Crippen molar-refractivity contribution in [3.8, 4) is 0 Å². The summed E-state index contributed by atoms with van der Waals surface area (Å²) in [7, 11) is 0. The minimum absolute atomic E-state index is 0.0543. The van der Waals surface area contributed by atoms with Crippen LogP contribution in [-0.4, -0.2) is 52.1 Å². The topological polar surface area (TPSA) is 227 Å². The predicted molar refractivity (Wildman–Crippen MR) is 133 cm³/mol. The Hall–Kier alpha value is -4.86. The molecule has 2 aromatic rings. The van der Waals surface area contributed by atoms with E-state index in [4.69, 9.17) is 46.1 Å². The molecule has 0 saturated carbocycles. The van der Waals surface area contributed by atoms with Crippen LogP contribution in [0.5, 0.6) is 0 Å². The molecule has 0 bridgehead atoms. The van der Waals surface area contributed by atoms with Crippen molar-refractivity contribution in [2.45, 2.75) is 47.0 Å². The molecule has 0 fully saturated rings. The van der Waals surface area contributed by atoms with Gasteiger partial charge in [0.25, 0.3) is 0 Å². The van der Waals surface area contributed by atoms with Gasteiger partial charge < -0.3 is 15.8 Å². The first-order valence-corrected chi connectivity index (χ1v) is 11.0. The van der Waals surface area contributed by atoms with Crippen LogP contribution < -0.4 is 11.1 Å². The molecule has 0 aliphatic heterocycles. The van der Waals surface area contributed by atoms with Crippen LogP contribution in [0.15, 0.2) is 36.7 Å². The van der Waals surface area contributed by atoms with Gasteiger partial charge in [0.2, 0.25) is 11.1 Å². The Labute approximate surface area is 229 Å². The number of rotatable bonds is 6. The number of hydrogen-bond acceptors (Lipinski definition) is 13. The second-order valence-corrected chi connectivity index (χ2v) is 6.62. The second-order valence-electron chi connectivity index (χ2n) is 6.20. The summed E-state index contributed by atoms with van der Waals surface area (Å²) in [6.07, 6.45) is 5.28. The van der Waals surface area contributed by atoms with Gasteiger partial charge in [-0.1, -0.05) is 6.92 Å². The van der Waals surface area contributed by atoms with Gasteiger partial charge in [0, 0.05) is 18.8 Å². The lowest BCUT2D eigenvalue weighted by Crippen LogP contribution is -2.11. The molecule has 2 aromatic heterocycles. The fraction of sp³-hybridized carbons (Fsp3) is 0.333. The molecule has 212 valence electrons. The molecule has 2 heterocycles. The van der Waals surface area contributed by atoms with Gasteiger partial charge in [-0.05, 0) is 63.1 Å². The number of anilines is 2. The first kappa shape index (κ1) is 41.3. The Balaban J connectivity index is -0.000000208. The van der Waals surface area contributed by atoms with Crippen molar-refractivity contribution in [1.29, 1.82) is 0 Å². The first-order valence-electron chi connectivity index (χ1n) is 10.7. The Kier molecular flexibility index (Phi) is 33.0. The number of nitrogens with one attached hydrogen (secondary N) is 1. The van der Waals surface area contributed by atoms with E-state index in [9.17, 15) is 14.4 Å². The molecule has 0 spiro atoms. The average Bonchev–Trinajstić information content (AvgIpc) is 2.85. The van der Waals surface area contributed by atoms with E-state index in [1.807, 2.05) is 45.0 Å². The number of nitrogens with zero attached hydrogens (tertiary/aromatic N) is 2. The lowest BCUT2D eigenvalue weighted by Gasteiger charge is -2.05. The largest absolute Gasteiger partial charge is 0.466 e. The van der Waals surface area contributed by atoms with Crippen molar-refractivity contribution in [2.24, 2.45) is 0 Å². The maximum Gasteiger partial charge on any atom is 0.373 e. The number of halogens is 1. The maximum atomic E-state index is 11.2. The number of amides is 1. The molecule has 2 rings (SSSR count). The zero-order chi connectivity index (χ0) is 31.1. The lowest BCUT2D eigenvalue weighted by atomic mass is 10.3. The molecule has 0 saturated heterocycles. The fourth-order valence-corrected chi connectivity index (χ4v) is 1.99. The fourth-order valence-electron chi connectivity index (χ4n) is 1.88. The van der Waals surface area contributed by atoms with Gasteiger partial charge in [-0.25, -0.2) is 0 Å². The molecule has 1 amide bonds. The van der Waals surface area contributed by atoms with Crippen molar-refractivity contribution < 1.29 is 47.9 Å². The number of aryl methyl sites for hydroxylation is 2. The summed E-state index contributed by atoms with van der Waals surface area (Å²) in [6, 6.07) is 7.33. The highest BCUT2D eigenvalue weighted by Crippen LogP contribution is 2.10. The third-order valence-electron chi connectivity index (χ3n) is 3.39. The molecule has 0 unspecified atom stereocenters. The van der Waals surface area contributed by atoms with Crippen molar-refractivity contribution in [1.82, 2.24) is 9.97 Å². The van der Waals surface area contributed by atoms with Gasteiger partial charge in [0.1, 0.15) is 6.42 Å². The smallest absolute Gasteiger partial charge is 0.373 e. The normalized spacial score (nSPS) is 7.72. The molecule has 0 radical (unpaired) electrons. The number of nitrogens with two attached hydrogens (primary N) is 1. The van der Waals surface area contributed by atoms with E-state index in [0.717, 1.165) is 29.2 Å². The van der Waals surface area contributed by atoms with E-state index in [1.54, 1.807) is 19.3 Å². The predicted octanol–water partition coefficient (Wildman–Crippen LogP) is 2.06. The Morgan fingerprint density at radius 1 is 0.897 bits per heavy atom. The van der Waals surface area contributed by atoms with Crippen LogP contribution in [0.4, 0.5) is 11.4 Å². The summed E-state index contributed by atoms with van der Waals surface area (Å²) in [5.74, 6) is -0.517.